The summed E-state index contributed by atoms with van der Waals surface area (Å²) in [5.41, 5.74) is 2.78. The molecule has 0 amide bonds. The van der Waals surface area contributed by atoms with Crippen LogP contribution in [-0.4, -0.2) is 27.7 Å². The maximum atomic E-state index is 12.5. The summed E-state index contributed by atoms with van der Waals surface area (Å²) in [5.74, 6) is -0.102. The molecule has 1 aliphatic heterocycles. The number of halogens is 1. The zero-order valence-electron chi connectivity index (χ0n) is 13.7. The minimum absolute atomic E-state index is 0.102. The summed E-state index contributed by atoms with van der Waals surface area (Å²) >= 11 is 2.33. The van der Waals surface area contributed by atoms with Gasteiger partial charge in [0.05, 0.1) is 6.54 Å². The predicted octanol–water partition coefficient (Wildman–Crippen LogP) is 3.52. The van der Waals surface area contributed by atoms with Gasteiger partial charge in [-0.25, -0.2) is 0 Å². The van der Waals surface area contributed by atoms with Gasteiger partial charge in [0.15, 0.2) is 5.75 Å². The third-order valence-electron chi connectivity index (χ3n) is 4.67. The van der Waals surface area contributed by atoms with Crippen molar-refractivity contribution >= 4 is 22.6 Å². The number of nitrogens with zero attached hydrogens (tertiary/aromatic N) is 2. The predicted molar refractivity (Wildman–Crippen MR) is 105 cm³/mol. The number of alkyl halides is 1. The summed E-state index contributed by atoms with van der Waals surface area (Å²) in [6.45, 7) is 3.25. The lowest BCUT2D eigenvalue weighted by Crippen LogP contribution is -2.30. The first-order valence-electron chi connectivity index (χ1n) is 8.45. The molecule has 2 aromatic rings. The summed E-state index contributed by atoms with van der Waals surface area (Å²) in [6.07, 6.45) is 5.49. The molecule has 0 aliphatic carbocycles. The molecule has 3 rings (SSSR count). The van der Waals surface area contributed by atoms with Crippen LogP contribution in [-0.2, 0) is 17.5 Å². The molecule has 1 aliphatic rings. The van der Waals surface area contributed by atoms with Gasteiger partial charge in [0.25, 0.3) is 5.56 Å². The fourth-order valence-electron chi connectivity index (χ4n) is 3.24. The molecule has 1 N–H and O–H groups in total. The van der Waals surface area contributed by atoms with E-state index >= 15 is 0 Å². The smallest absolute Gasteiger partial charge is 0.293 e. The van der Waals surface area contributed by atoms with Crippen molar-refractivity contribution in [2.75, 3.05) is 13.1 Å². The second-order valence-corrected chi connectivity index (χ2v) is 7.12. The maximum Gasteiger partial charge on any atom is 0.293 e. The van der Waals surface area contributed by atoms with Crippen molar-refractivity contribution in [3.8, 4) is 5.75 Å². The van der Waals surface area contributed by atoms with Crippen molar-refractivity contribution in [3.05, 3.63) is 63.6 Å². The highest BCUT2D eigenvalue weighted by molar-refractivity contribution is 14.1. The fourth-order valence-corrected chi connectivity index (χ4v) is 3.98. The highest BCUT2D eigenvalue weighted by atomic mass is 127. The monoisotopic (exact) mass is 438 g/mol. The highest BCUT2D eigenvalue weighted by Crippen LogP contribution is 2.19. The van der Waals surface area contributed by atoms with E-state index in [4.69, 9.17) is 0 Å². The van der Waals surface area contributed by atoms with E-state index in [1.165, 1.54) is 24.8 Å². The molecule has 24 heavy (non-hydrogen) atoms. The number of pyridine rings is 1. The summed E-state index contributed by atoms with van der Waals surface area (Å²) in [4.78, 5) is 14.8. The number of likely N-dealkylation sites (tertiary alicyclic amines) is 1. The Morgan fingerprint density at radius 3 is 2.38 bits per heavy atom. The molecule has 4 nitrogen and oxygen atoms in total. The lowest BCUT2D eigenvalue weighted by Gasteiger charge is -2.26. The fraction of sp³-hybridized carbons (Fsp3) is 0.421. The summed E-state index contributed by atoms with van der Waals surface area (Å²) < 4.78 is 2.50. The molecule has 1 saturated heterocycles. The van der Waals surface area contributed by atoms with E-state index in [9.17, 15) is 9.90 Å². The molecular weight excluding hydrogens is 415 g/mol. The average molecular weight is 438 g/mol. The number of piperidine rings is 1. The van der Waals surface area contributed by atoms with Crippen LogP contribution >= 0.6 is 22.6 Å². The number of hydrogen-bond donors (Lipinski definition) is 1. The Kier molecular flexibility index (Phi) is 5.94. The molecule has 1 fully saturated rings. The topological polar surface area (TPSA) is 45.5 Å². The van der Waals surface area contributed by atoms with Crippen LogP contribution in [0.3, 0.4) is 0 Å². The number of hydrogen-bond acceptors (Lipinski definition) is 3. The molecular formula is C19H23IN2O2. The molecule has 128 valence electrons. The first kappa shape index (κ1) is 17.5. The lowest BCUT2D eigenvalue weighted by molar-refractivity contribution is 0.218. The second kappa shape index (κ2) is 8.16. The van der Waals surface area contributed by atoms with Gasteiger partial charge in [-0.3, -0.25) is 9.69 Å². The van der Waals surface area contributed by atoms with E-state index in [1.807, 2.05) is 30.5 Å². The molecule has 0 spiro atoms. The van der Waals surface area contributed by atoms with E-state index in [0.29, 0.717) is 13.1 Å². The van der Waals surface area contributed by atoms with E-state index in [-0.39, 0.29) is 11.3 Å². The normalized spacial score (nSPS) is 15.5. The Hall–Kier alpha value is -1.34. The Labute approximate surface area is 156 Å². The van der Waals surface area contributed by atoms with Gasteiger partial charge < -0.3 is 9.67 Å². The van der Waals surface area contributed by atoms with Crippen molar-refractivity contribution in [1.82, 2.24) is 9.47 Å². The minimum atomic E-state index is -0.298. The van der Waals surface area contributed by atoms with Crippen LogP contribution < -0.4 is 5.56 Å². The molecule has 2 heterocycles. The van der Waals surface area contributed by atoms with Crippen LogP contribution in [0.4, 0.5) is 0 Å². The van der Waals surface area contributed by atoms with E-state index in [0.717, 1.165) is 28.6 Å². The summed E-state index contributed by atoms with van der Waals surface area (Å²) in [5, 5.41) is 10.4. The Bertz CT molecular complexity index is 751. The minimum Gasteiger partial charge on any atom is -0.503 e. The zero-order chi connectivity index (χ0) is 16.9. The van der Waals surface area contributed by atoms with Crippen molar-refractivity contribution in [2.24, 2.45) is 0 Å². The van der Waals surface area contributed by atoms with E-state index < -0.39 is 0 Å². The van der Waals surface area contributed by atoms with E-state index in [1.54, 1.807) is 4.57 Å². The Balaban J connectivity index is 1.80. The molecule has 5 heteroatoms. The van der Waals surface area contributed by atoms with E-state index in [2.05, 4.69) is 33.6 Å². The Morgan fingerprint density at radius 1 is 0.958 bits per heavy atom. The van der Waals surface area contributed by atoms with Gasteiger partial charge in [-0.2, -0.15) is 0 Å². The number of aromatic hydroxyl groups is 1. The molecule has 0 saturated carbocycles. The second-order valence-electron chi connectivity index (χ2n) is 6.36. The molecule has 0 radical (unpaired) electrons. The number of aromatic nitrogens is 1. The standard InChI is InChI=1S/C19H23IN2O2/c20-12-15-6-2-3-7-16(15)14-22-11-8-17(18(23)19(22)24)13-21-9-4-1-5-10-21/h2-3,6-8,11,23H,1,4-5,9-10,12-14H2. The van der Waals surface area contributed by atoms with Gasteiger partial charge >= 0.3 is 0 Å². The molecule has 1 aromatic carbocycles. The van der Waals surface area contributed by atoms with Gasteiger partial charge in [-0.1, -0.05) is 53.3 Å². The average Bonchev–Trinajstić information content (AvgIpc) is 2.63. The first-order valence-corrected chi connectivity index (χ1v) is 9.98. The zero-order valence-corrected chi connectivity index (χ0v) is 15.9. The number of benzene rings is 1. The highest BCUT2D eigenvalue weighted by Gasteiger charge is 2.15. The summed E-state index contributed by atoms with van der Waals surface area (Å²) in [7, 11) is 0. The van der Waals surface area contributed by atoms with Crippen LogP contribution in [0, 0.1) is 0 Å². The van der Waals surface area contributed by atoms with Gasteiger partial charge in [-0.15, -0.1) is 0 Å². The van der Waals surface area contributed by atoms with Gasteiger partial charge in [0.1, 0.15) is 0 Å². The van der Waals surface area contributed by atoms with Crippen LogP contribution in [0.15, 0.2) is 41.3 Å². The third-order valence-corrected chi connectivity index (χ3v) is 5.49. The molecule has 0 atom stereocenters. The van der Waals surface area contributed by atoms with Gasteiger partial charge in [0.2, 0.25) is 0 Å². The first-order chi connectivity index (χ1) is 11.7. The Morgan fingerprint density at radius 2 is 1.67 bits per heavy atom. The van der Waals surface area contributed by atoms with Crippen molar-refractivity contribution in [3.63, 3.8) is 0 Å². The van der Waals surface area contributed by atoms with Crippen LogP contribution in [0.1, 0.15) is 36.0 Å². The van der Waals surface area contributed by atoms with Gasteiger partial charge in [0, 0.05) is 22.7 Å². The van der Waals surface area contributed by atoms with Crippen molar-refractivity contribution in [1.29, 1.82) is 0 Å². The molecule has 0 unspecified atom stereocenters. The quantitative estimate of drug-likeness (QED) is 0.574. The van der Waals surface area contributed by atoms with Crippen molar-refractivity contribution < 1.29 is 5.11 Å². The summed E-state index contributed by atoms with van der Waals surface area (Å²) in [6, 6.07) is 10.0. The van der Waals surface area contributed by atoms with Crippen LogP contribution in [0.2, 0.25) is 0 Å². The maximum absolute atomic E-state index is 12.5. The molecule has 0 bridgehead atoms. The number of rotatable bonds is 5. The molecule has 1 aromatic heterocycles. The van der Waals surface area contributed by atoms with Crippen LogP contribution in [0.25, 0.3) is 0 Å². The van der Waals surface area contributed by atoms with Crippen molar-refractivity contribution in [2.45, 2.75) is 36.8 Å². The van der Waals surface area contributed by atoms with Gasteiger partial charge in [-0.05, 0) is 43.1 Å². The third kappa shape index (κ3) is 4.00. The largest absolute Gasteiger partial charge is 0.503 e. The van der Waals surface area contributed by atoms with Crippen LogP contribution in [0.5, 0.6) is 5.75 Å². The SMILES string of the molecule is O=c1c(O)c(CN2CCCCC2)ccn1Cc1ccccc1CI. The lowest BCUT2D eigenvalue weighted by atomic mass is 10.1.